The zero-order chi connectivity index (χ0) is 21.2. The summed E-state index contributed by atoms with van der Waals surface area (Å²) < 4.78 is 0. The van der Waals surface area contributed by atoms with E-state index in [0.717, 1.165) is 34.5 Å². The quantitative estimate of drug-likeness (QED) is 0.380. The summed E-state index contributed by atoms with van der Waals surface area (Å²) in [6.07, 6.45) is 12.0. The summed E-state index contributed by atoms with van der Waals surface area (Å²) in [6, 6.07) is 16.3. The van der Waals surface area contributed by atoms with E-state index in [2.05, 4.69) is 29.0 Å². The second kappa shape index (κ2) is 11.2. The molecule has 4 nitrogen and oxygen atoms in total. The number of carboxylic acid groups (broad SMARTS) is 1. The van der Waals surface area contributed by atoms with Gasteiger partial charge in [0.05, 0.1) is 0 Å². The van der Waals surface area contributed by atoms with Crippen molar-refractivity contribution in [2.45, 2.75) is 58.3 Å². The minimum Gasteiger partial charge on any atom is -0.481 e. The number of carboxylic acids is 1. The Bertz CT molecular complexity index is 917. The number of aryl methyl sites for hydroxylation is 2. The van der Waals surface area contributed by atoms with E-state index in [-0.39, 0.29) is 6.42 Å². The molecule has 1 N–H and O–H groups in total. The van der Waals surface area contributed by atoms with E-state index in [1.165, 1.54) is 37.7 Å². The molecule has 1 heterocycles. The summed E-state index contributed by atoms with van der Waals surface area (Å²) in [6.45, 7) is 2.24. The molecule has 3 rings (SSSR count). The Labute approximate surface area is 179 Å². The van der Waals surface area contributed by atoms with Crippen LogP contribution in [-0.4, -0.2) is 21.0 Å². The van der Waals surface area contributed by atoms with Crippen LogP contribution in [0.3, 0.4) is 0 Å². The number of hydrogen-bond donors (Lipinski definition) is 1. The van der Waals surface area contributed by atoms with Gasteiger partial charge in [-0.25, -0.2) is 9.97 Å². The molecule has 0 aliphatic heterocycles. The lowest BCUT2D eigenvalue weighted by atomic mass is 10.0. The smallest absolute Gasteiger partial charge is 0.303 e. The highest BCUT2D eigenvalue weighted by Crippen LogP contribution is 2.24. The largest absolute Gasteiger partial charge is 0.481 e. The number of aliphatic carboxylic acids is 1. The highest BCUT2D eigenvalue weighted by molar-refractivity contribution is 5.69. The molecule has 3 aromatic rings. The number of unbranched alkanes of at least 4 members (excludes halogenated alkanes) is 4. The topological polar surface area (TPSA) is 63.1 Å². The van der Waals surface area contributed by atoms with E-state index in [1.54, 1.807) is 0 Å². The van der Waals surface area contributed by atoms with Crippen LogP contribution in [0.25, 0.3) is 22.5 Å². The van der Waals surface area contributed by atoms with Crippen LogP contribution in [0.1, 0.15) is 56.6 Å². The zero-order valence-electron chi connectivity index (χ0n) is 17.7. The number of rotatable bonds is 11. The number of hydrogen-bond acceptors (Lipinski definition) is 3. The van der Waals surface area contributed by atoms with Crippen LogP contribution < -0.4 is 0 Å². The Hall–Kier alpha value is -3.01. The fourth-order valence-electron chi connectivity index (χ4n) is 3.49. The fraction of sp³-hybridized carbons (Fsp3) is 0.346. The summed E-state index contributed by atoms with van der Waals surface area (Å²) in [5.74, 6) is -0.0165. The van der Waals surface area contributed by atoms with Gasteiger partial charge in [0, 0.05) is 24.4 Å². The molecule has 0 spiro atoms. The molecule has 0 amide bonds. The Morgan fingerprint density at radius 2 is 1.30 bits per heavy atom. The van der Waals surface area contributed by atoms with Gasteiger partial charge in [0.1, 0.15) is 0 Å². The van der Waals surface area contributed by atoms with Gasteiger partial charge in [-0.1, -0.05) is 81.1 Å². The minimum atomic E-state index is -0.767. The van der Waals surface area contributed by atoms with E-state index in [4.69, 9.17) is 5.11 Å². The molecule has 0 aliphatic rings. The van der Waals surface area contributed by atoms with Crippen molar-refractivity contribution in [2.75, 3.05) is 0 Å². The van der Waals surface area contributed by atoms with Crippen LogP contribution in [0.5, 0.6) is 0 Å². The van der Waals surface area contributed by atoms with Gasteiger partial charge >= 0.3 is 5.97 Å². The van der Waals surface area contributed by atoms with Gasteiger partial charge in [-0.05, 0) is 41.5 Å². The number of benzene rings is 2. The monoisotopic (exact) mass is 402 g/mol. The Morgan fingerprint density at radius 1 is 0.733 bits per heavy atom. The van der Waals surface area contributed by atoms with Gasteiger partial charge in [-0.2, -0.15) is 0 Å². The van der Waals surface area contributed by atoms with Crippen molar-refractivity contribution < 1.29 is 9.90 Å². The van der Waals surface area contributed by atoms with Crippen LogP contribution in [0.2, 0.25) is 0 Å². The third-order valence-corrected chi connectivity index (χ3v) is 5.33. The van der Waals surface area contributed by atoms with Crippen LogP contribution >= 0.6 is 0 Å². The van der Waals surface area contributed by atoms with Crippen molar-refractivity contribution in [1.82, 2.24) is 9.97 Å². The lowest BCUT2D eigenvalue weighted by Crippen LogP contribution is -1.97. The molecule has 0 radical (unpaired) electrons. The first kappa shape index (κ1) is 21.7. The first-order valence-electron chi connectivity index (χ1n) is 10.9. The van der Waals surface area contributed by atoms with Gasteiger partial charge in [0.2, 0.25) is 0 Å². The normalized spacial score (nSPS) is 10.8. The maximum Gasteiger partial charge on any atom is 0.303 e. The summed E-state index contributed by atoms with van der Waals surface area (Å²) in [4.78, 5) is 19.8. The van der Waals surface area contributed by atoms with Crippen molar-refractivity contribution in [3.8, 4) is 22.5 Å². The number of carbonyl (C=O) groups is 1. The van der Waals surface area contributed by atoms with Gasteiger partial charge in [-0.15, -0.1) is 0 Å². The second-order valence-corrected chi connectivity index (χ2v) is 7.75. The first-order valence-corrected chi connectivity index (χ1v) is 10.9. The molecule has 0 aliphatic carbocycles. The molecule has 156 valence electrons. The molecule has 0 saturated heterocycles. The van der Waals surface area contributed by atoms with E-state index in [1.807, 2.05) is 48.8 Å². The molecule has 2 aromatic carbocycles. The van der Waals surface area contributed by atoms with Crippen molar-refractivity contribution in [1.29, 1.82) is 0 Å². The van der Waals surface area contributed by atoms with Crippen LogP contribution in [0.15, 0.2) is 60.9 Å². The molecule has 0 fully saturated rings. The second-order valence-electron chi connectivity index (χ2n) is 7.75. The lowest BCUT2D eigenvalue weighted by molar-refractivity contribution is -0.136. The Kier molecular flexibility index (Phi) is 8.13. The predicted octanol–water partition coefficient (Wildman–Crippen LogP) is 6.34. The lowest BCUT2D eigenvalue weighted by Gasteiger charge is -2.06. The molecular weight excluding hydrogens is 372 g/mol. The van der Waals surface area contributed by atoms with Crippen LogP contribution in [0.4, 0.5) is 0 Å². The molecule has 0 saturated carbocycles. The highest BCUT2D eigenvalue weighted by atomic mass is 16.4. The summed E-state index contributed by atoms with van der Waals surface area (Å²) in [5, 5.41) is 8.80. The molecule has 0 bridgehead atoms. The average molecular weight is 403 g/mol. The fourth-order valence-corrected chi connectivity index (χ4v) is 3.49. The van der Waals surface area contributed by atoms with E-state index < -0.39 is 5.97 Å². The summed E-state index contributed by atoms with van der Waals surface area (Å²) in [5.41, 5.74) is 5.48. The molecule has 0 unspecified atom stereocenters. The molecule has 0 atom stereocenters. The van der Waals surface area contributed by atoms with Crippen molar-refractivity contribution >= 4 is 5.97 Å². The first-order chi connectivity index (χ1) is 14.7. The predicted molar refractivity (Wildman–Crippen MR) is 121 cm³/mol. The van der Waals surface area contributed by atoms with Crippen LogP contribution in [-0.2, 0) is 17.6 Å². The third-order valence-electron chi connectivity index (χ3n) is 5.33. The maximum atomic E-state index is 10.7. The van der Waals surface area contributed by atoms with E-state index >= 15 is 0 Å². The molecule has 1 aromatic heterocycles. The van der Waals surface area contributed by atoms with Gasteiger partial charge in [0.15, 0.2) is 5.82 Å². The van der Waals surface area contributed by atoms with Gasteiger partial charge in [-0.3, -0.25) is 4.79 Å². The van der Waals surface area contributed by atoms with Crippen molar-refractivity contribution in [3.05, 3.63) is 72.1 Å². The minimum absolute atomic E-state index is 0.158. The van der Waals surface area contributed by atoms with E-state index in [0.29, 0.717) is 6.42 Å². The van der Waals surface area contributed by atoms with Gasteiger partial charge in [0.25, 0.3) is 0 Å². The highest BCUT2D eigenvalue weighted by Gasteiger charge is 2.05. The van der Waals surface area contributed by atoms with E-state index in [9.17, 15) is 4.79 Å². The number of nitrogens with zero attached hydrogens (tertiary/aromatic N) is 2. The Balaban J connectivity index is 1.58. The number of aromatic nitrogens is 2. The van der Waals surface area contributed by atoms with Crippen molar-refractivity contribution in [2.24, 2.45) is 0 Å². The SMILES string of the molecule is CCCCCCCc1cnc(-c2ccc(-c3ccc(CCC(=O)O)cc3)cc2)nc1. The third kappa shape index (κ3) is 6.51. The standard InChI is InChI=1S/C26H30N2O2/c1-2-3-4-5-6-7-21-18-27-26(28-19-21)24-15-13-23(14-16-24)22-11-8-20(9-12-22)10-17-25(29)30/h8-9,11-16,18-19H,2-7,10,17H2,1H3,(H,29,30). The summed E-state index contributed by atoms with van der Waals surface area (Å²) >= 11 is 0. The molecule has 4 heteroatoms. The van der Waals surface area contributed by atoms with Crippen molar-refractivity contribution in [3.63, 3.8) is 0 Å². The zero-order valence-corrected chi connectivity index (χ0v) is 17.7. The average Bonchev–Trinajstić information content (AvgIpc) is 2.78. The molecular formula is C26H30N2O2. The summed E-state index contributed by atoms with van der Waals surface area (Å²) in [7, 11) is 0. The van der Waals surface area contributed by atoms with Gasteiger partial charge < -0.3 is 5.11 Å². The molecule has 30 heavy (non-hydrogen) atoms. The Morgan fingerprint density at radius 3 is 1.90 bits per heavy atom. The van der Waals surface area contributed by atoms with Crippen LogP contribution in [0, 0.1) is 0 Å². The maximum absolute atomic E-state index is 10.7.